The molecule has 1 amide bonds. The lowest BCUT2D eigenvalue weighted by Gasteiger charge is -2.10. The van der Waals surface area contributed by atoms with Crippen LogP contribution in [-0.4, -0.2) is 12.2 Å². The molecular weight excluding hydrogens is 278 g/mol. The van der Waals surface area contributed by atoms with E-state index in [9.17, 15) is 9.59 Å². The Morgan fingerprint density at radius 3 is 2.59 bits per heavy atom. The summed E-state index contributed by atoms with van der Waals surface area (Å²) in [5, 5.41) is 0. The number of benzene rings is 1. The molecule has 0 fully saturated rings. The fourth-order valence-corrected chi connectivity index (χ4v) is 2.28. The Labute approximate surface area is 133 Å². The molecule has 1 rings (SSSR count). The highest BCUT2D eigenvalue weighted by molar-refractivity contribution is 5.78. The van der Waals surface area contributed by atoms with Gasteiger partial charge in [0.25, 0.3) is 0 Å². The van der Waals surface area contributed by atoms with E-state index in [-0.39, 0.29) is 18.2 Å². The van der Waals surface area contributed by atoms with Gasteiger partial charge in [-0.2, -0.15) is 0 Å². The van der Waals surface area contributed by atoms with Crippen LogP contribution in [0.4, 0.5) is 0 Å². The first-order chi connectivity index (χ1) is 10.8. The van der Waals surface area contributed by atoms with Crippen LogP contribution in [0, 0.1) is 5.92 Å². The minimum Gasteiger partial charge on any atom is -0.303 e. The second kappa shape index (κ2) is 11.9. The van der Waals surface area contributed by atoms with Gasteiger partial charge in [0.2, 0.25) is 5.91 Å². The molecule has 0 radical (unpaired) electrons. The summed E-state index contributed by atoms with van der Waals surface area (Å²) >= 11 is 0. The van der Waals surface area contributed by atoms with E-state index in [4.69, 9.17) is 4.84 Å². The van der Waals surface area contributed by atoms with Gasteiger partial charge in [-0.1, -0.05) is 69.4 Å². The van der Waals surface area contributed by atoms with Gasteiger partial charge in [-0.3, -0.25) is 9.63 Å². The summed E-state index contributed by atoms with van der Waals surface area (Å²) in [4.78, 5) is 27.9. The quantitative estimate of drug-likeness (QED) is 0.363. The Morgan fingerprint density at radius 2 is 1.91 bits per heavy atom. The number of rotatable bonds is 12. The highest BCUT2D eigenvalue weighted by Gasteiger charge is 2.13. The predicted octanol–water partition coefficient (Wildman–Crippen LogP) is 3.80. The molecule has 0 aliphatic carbocycles. The van der Waals surface area contributed by atoms with Crippen LogP contribution in [0.1, 0.15) is 57.4 Å². The molecule has 1 aromatic rings. The Morgan fingerprint density at radius 1 is 1.18 bits per heavy atom. The maximum Gasteiger partial charge on any atom is 0.244 e. The van der Waals surface area contributed by atoms with Gasteiger partial charge in [-0.05, 0) is 12.0 Å². The van der Waals surface area contributed by atoms with E-state index in [0.717, 1.165) is 31.1 Å². The molecule has 0 saturated heterocycles. The van der Waals surface area contributed by atoms with Gasteiger partial charge in [0.15, 0.2) is 0 Å². The molecule has 0 aliphatic rings. The zero-order valence-electron chi connectivity index (χ0n) is 13.4. The van der Waals surface area contributed by atoms with Gasteiger partial charge < -0.3 is 4.79 Å². The van der Waals surface area contributed by atoms with E-state index in [2.05, 4.69) is 12.4 Å². The van der Waals surface area contributed by atoms with Crippen LogP contribution >= 0.6 is 0 Å². The number of nitrogens with one attached hydrogen (secondary N) is 1. The Bertz CT molecular complexity index is 420. The maximum absolute atomic E-state index is 11.7. The van der Waals surface area contributed by atoms with Crippen molar-refractivity contribution in [2.24, 2.45) is 5.92 Å². The molecule has 4 heteroatoms. The van der Waals surface area contributed by atoms with Gasteiger partial charge in [0.1, 0.15) is 6.29 Å². The van der Waals surface area contributed by atoms with Gasteiger partial charge in [-0.25, -0.2) is 5.48 Å². The van der Waals surface area contributed by atoms with Crippen molar-refractivity contribution in [2.75, 3.05) is 0 Å². The van der Waals surface area contributed by atoms with Crippen LogP contribution in [0.3, 0.4) is 0 Å². The van der Waals surface area contributed by atoms with Crippen LogP contribution in [0.25, 0.3) is 0 Å². The van der Waals surface area contributed by atoms with Gasteiger partial charge in [-0.15, -0.1) is 0 Å². The number of amides is 1. The van der Waals surface area contributed by atoms with Gasteiger partial charge in [0, 0.05) is 12.3 Å². The Hall–Kier alpha value is -1.68. The molecule has 1 N–H and O–H groups in total. The van der Waals surface area contributed by atoms with E-state index >= 15 is 0 Å². The summed E-state index contributed by atoms with van der Waals surface area (Å²) in [6.45, 7) is 2.50. The first-order valence-electron chi connectivity index (χ1n) is 8.16. The SMILES string of the molecule is CCCCCCCC(C=O)CC(=O)NOCc1ccccc1. The predicted molar refractivity (Wildman–Crippen MR) is 86.9 cm³/mol. The molecule has 0 aliphatic heterocycles. The van der Waals surface area contributed by atoms with Crippen molar-refractivity contribution in [2.45, 2.75) is 58.5 Å². The molecule has 0 heterocycles. The minimum atomic E-state index is -0.235. The average Bonchev–Trinajstić information content (AvgIpc) is 2.54. The third-order valence-electron chi connectivity index (χ3n) is 3.59. The maximum atomic E-state index is 11.7. The summed E-state index contributed by atoms with van der Waals surface area (Å²) < 4.78 is 0. The smallest absolute Gasteiger partial charge is 0.244 e. The molecular formula is C18H27NO3. The number of hydroxylamine groups is 1. The topological polar surface area (TPSA) is 55.4 Å². The van der Waals surface area contributed by atoms with Crippen LogP contribution in [0.15, 0.2) is 30.3 Å². The molecule has 0 bridgehead atoms. The first-order valence-corrected chi connectivity index (χ1v) is 8.16. The summed E-state index contributed by atoms with van der Waals surface area (Å²) in [5.74, 6) is -0.441. The number of unbranched alkanes of at least 4 members (excludes halogenated alkanes) is 4. The number of hydrogen-bond donors (Lipinski definition) is 1. The van der Waals surface area contributed by atoms with E-state index in [1.165, 1.54) is 19.3 Å². The first kappa shape index (κ1) is 18.4. The number of carbonyl (C=O) groups is 2. The zero-order chi connectivity index (χ0) is 16.0. The molecule has 1 unspecified atom stereocenters. The summed E-state index contributed by atoms with van der Waals surface area (Å²) in [7, 11) is 0. The van der Waals surface area contributed by atoms with E-state index in [1.807, 2.05) is 30.3 Å². The highest BCUT2D eigenvalue weighted by atomic mass is 16.6. The molecule has 0 aromatic heterocycles. The van der Waals surface area contributed by atoms with Crippen LogP contribution in [0.2, 0.25) is 0 Å². The van der Waals surface area contributed by atoms with E-state index < -0.39 is 0 Å². The van der Waals surface area contributed by atoms with Crippen LogP contribution in [-0.2, 0) is 21.0 Å². The van der Waals surface area contributed by atoms with Crippen LogP contribution < -0.4 is 5.48 Å². The normalized spacial score (nSPS) is 11.9. The van der Waals surface area contributed by atoms with Crippen molar-refractivity contribution in [1.29, 1.82) is 0 Å². The number of hydrogen-bond acceptors (Lipinski definition) is 3. The Balaban J connectivity index is 2.14. The molecule has 1 atom stereocenters. The summed E-state index contributed by atoms with van der Waals surface area (Å²) in [6, 6.07) is 9.62. The Kier molecular flexibility index (Phi) is 9.96. The fraction of sp³-hybridized carbons (Fsp3) is 0.556. The highest BCUT2D eigenvalue weighted by Crippen LogP contribution is 2.13. The molecule has 0 spiro atoms. The standard InChI is InChI=1S/C18H27NO3/c1-2-3-4-5-7-12-17(14-20)13-18(21)19-22-15-16-10-8-6-9-11-16/h6,8-11,14,17H,2-5,7,12-13,15H2,1H3,(H,19,21). The monoisotopic (exact) mass is 305 g/mol. The van der Waals surface area contributed by atoms with Crippen LogP contribution in [0.5, 0.6) is 0 Å². The number of carbonyl (C=O) groups excluding carboxylic acids is 2. The zero-order valence-corrected chi connectivity index (χ0v) is 13.4. The lowest BCUT2D eigenvalue weighted by molar-refractivity contribution is -0.136. The second-order valence-corrected chi connectivity index (χ2v) is 5.60. The fourth-order valence-electron chi connectivity index (χ4n) is 2.28. The minimum absolute atomic E-state index is 0.200. The summed E-state index contributed by atoms with van der Waals surface area (Å²) in [6.07, 6.45) is 7.64. The molecule has 0 saturated carbocycles. The van der Waals surface area contributed by atoms with Gasteiger partial charge >= 0.3 is 0 Å². The lowest BCUT2D eigenvalue weighted by Crippen LogP contribution is -2.26. The molecule has 4 nitrogen and oxygen atoms in total. The van der Waals surface area contributed by atoms with E-state index in [1.54, 1.807) is 0 Å². The van der Waals surface area contributed by atoms with Crippen molar-refractivity contribution in [3.05, 3.63) is 35.9 Å². The van der Waals surface area contributed by atoms with Crippen molar-refractivity contribution in [1.82, 2.24) is 5.48 Å². The number of aldehydes is 1. The van der Waals surface area contributed by atoms with E-state index in [0.29, 0.717) is 6.61 Å². The van der Waals surface area contributed by atoms with Crippen molar-refractivity contribution >= 4 is 12.2 Å². The second-order valence-electron chi connectivity index (χ2n) is 5.60. The average molecular weight is 305 g/mol. The third kappa shape index (κ3) is 8.57. The van der Waals surface area contributed by atoms with Gasteiger partial charge in [0.05, 0.1) is 6.61 Å². The molecule has 1 aromatic carbocycles. The van der Waals surface area contributed by atoms with Crippen molar-refractivity contribution < 1.29 is 14.4 Å². The van der Waals surface area contributed by atoms with Crippen molar-refractivity contribution in [3.63, 3.8) is 0 Å². The molecule has 122 valence electrons. The largest absolute Gasteiger partial charge is 0.303 e. The summed E-state index contributed by atoms with van der Waals surface area (Å²) in [5.41, 5.74) is 3.40. The third-order valence-corrected chi connectivity index (χ3v) is 3.59. The lowest BCUT2D eigenvalue weighted by atomic mass is 9.98. The molecule has 22 heavy (non-hydrogen) atoms. The van der Waals surface area contributed by atoms with Crippen molar-refractivity contribution in [3.8, 4) is 0 Å².